The summed E-state index contributed by atoms with van der Waals surface area (Å²) in [6.07, 6.45) is 0. The van der Waals surface area contributed by atoms with E-state index in [4.69, 9.17) is 5.73 Å². The maximum atomic E-state index is 5.99. The van der Waals surface area contributed by atoms with Crippen molar-refractivity contribution < 1.29 is 0 Å². The summed E-state index contributed by atoms with van der Waals surface area (Å²) < 4.78 is 0. The molecule has 0 amide bonds. The summed E-state index contributed by atoms with van der Waals surface area (Å²) in [6.45, 7) is 2.10. The van der Waals surface area contributed by atoms with Crippen LogP contribution in [0, 0.1) is 6.92 Å². The van der Waals surface area contributed by atoms with Crippen molar-refractivity contribution in [3.05, 3.63) is 66.2 Å². The Labute approximate surface area is 107 Å². The zero-order chi connectivity index (χ0) is 12.5. The van der Waals surface area contributed by atoms with E-state index in [1.54, 1.807) is 0 Å². The van der Waals surface area contributed by atoms with Crippen molar-refractivity contribution in [3.63, 3.8) is 0 Å². The van der Waals surface area contributed by atoms with E-state index in [-0.39, 0.29) is 0 Å². The van der Waals surface area contributed by atoms with Crippen molar-refractivity contribution in [3.8, 4) is 11.1 Å². The fourth-order valence-electron chi connectivity index (χ4n) is 2.31. The summed E-state index contributed by atoms with van der Waals surface area (Å²) in [4.78, 5) is 0. The Balaban J connectivity index is 2.31. The lowest BCUT2D eigenvalue weighted by molar-refractivity contribution is 1.47. The summed E-state index contributed by atoms with van der Waals surface area (Å²) in [7, 11) is 0. The number of hydrogen-bond acceptors (Lipinski definition) is 1. The second-order valence-electron chi connectivity index (χ2n) is 4.66. The summed E-state index contributed by atoms with van der Waals surface area (Å²) in [6, 6.07) is 21.0. The second-order valence-corrected chi connectivity index (χ2v) is 4.66. The third-order valence-electron chi connectivity index (χ3n) is 3.25. The largest absolute Gasteiger partial charge is 0.399 e. The highest BCUT2D eigenvalue weighted by Gasteiger charge is 2.04. The molecule has 3 aromatic carbocycles. The molecule has 2 N–H and O–H groups in total. The van der Waals surface area contributed by atoms with Crippen LogP contribution >= 0.6 is 0 Å². The molecule has 3 aromatic rings. The van der Waals surface area contributed by atoms with E-state index in [1.807, 2.05) is 18.2 Å². The van der Waals surface area contributed by atoms with Crippen molar-refractivity contribution in [2.75, 3.05) is 5.73 Å². The molecule has 0 aliphatic rings. The van der Waals surface area contributed by atoms with Gasteiger partial charge in [-0.25, -0.2) is 0 Å². The predicted octanol–water partition coefficient (Wildman–Crippen LogP) is 4.40. The third kappa shape index (κ3) is 1.84. The van der Waals surface area contributed by atoms with Gasteiger partial charge in [0.15, 0.2) is 0 Å². The van der Waals surface area contributed by atoms with Gasteiger partial charge in [0.2, 0.25) is 0 Å². The summed E-state index contributed by atoms with van der Waals surface area (Å²) in [5.74, 6) is 0. The van der Waals surface area contributed by atoms with Gasteiger partial charge in [-0.2, -0.15) is 0 Å². The molecular formula is C17H15N. The first kappa shape index (κ1) is 10.8. The van der Waals surface area contributed by atoms with Gasteiger partial charge >= 0.3 is 0 Å². The number of nitrogen functional groups attached to an aromatic ring is 1. The molecule has 0 aliphatic heterocycles. The van der Waals surface area contributed by atoms with Crippen molar-refractivity contribution in [2.24, 2.45) is 0 Å². The molecule has 18 heavy (non-hydrogen) atoms. The summed E-state index contributed by atoms with van der Waals surface area (Å²) in [5.41, 5.74) is 10.5. The number of fused-ring (bicyclic) bond motifs is 1. The quantitative estimate of drug-likeness (QED) is 0.619. The molecular weight excluding hydrogens is 218 g/mol. The Morgan fingerprint density at radius 3 is 2.33 bits per heavy atom. The van der Waals surface area contributed by atoms with Gasteiger partial charge < -0.3 is 5.73 Å². The number of hydrogen-bond donors (Lipinski definition) is 1. The average Bonchev–Trinajstić information content (AvgIpc) is 2.38. The number of nitrogens with two attached hydrogens (primary N) is 1. The van der Waals surface area contributed by atoms with Crippen LogP contribution in [-0.4, -0.2) is 0 Å². The predicted molar refractivity (Wildman–Crippen MR) is 78.5 cm³/mol. The van der Waals surface area contributed by atoms with E-state index in [1.165, 1.54) is 27.5 Å². The van der Waals surface area contributed by atoms with Crippen LogP contribution in [0.4, 0.5) is 5.69 Å². The van der Waals surface area contributed by atoms with E-state index in [9.17, 15) is 0 Å². The molecule has 0 saturated carbocycles. The topological polar surface area (TPSA) is 26.0 Å². The zero-order valence-electron chi connectivity index (χ0n) is 10.4. The van der Waals surface area contributed by atoms with Gasteiger partial charge in [0, 0.05) is 5.69 Å². The lowest BCUT2D eigenvalue weighted by atomic mass is 9.97. The summed E-state index contributed by atoms with van der Waals surface area (Å²) >= 11 is 0. The smallest absolute Gasteiger partial charge is 0.0326 e. The molecule has 0 aromatic heterocycles. The monoisotopic (exact) mass is 233 g/mol. The van der Waals surface area contributed by atoms with E-state index in [0.717, 1.165) is 5.69 Å². The SMILES string of the molecule is Cc1ccc(-c2cc(N)cc3ccccc23)cc1. The van der Waals surface area contributed by atoms with Gasteiger partial charge in [-0.05, 0) is 41.0 Å². The molecule has 1 nitrogen and oxygen atoms in total. The maximum absolute atomic E-state index is 5.99. The lowest BCUT2D eigenvalue weighted by Crippen LogP contribution is -1.88. The maximum Gasteiger partial charge on any atom is 0.0326 e. The molecule has 0 radical (unpaired) electrons. The number of anilines is 1. The molecule has 0 fully saturated rings. The Bertz CT molecular complexity index is 696. The highest BCUT2D eigenvalue weighted by Crippen LogP contribution is 2.31. The van der Waals surface area contributed by atoms with Crippen LogP contribution in [0.1, 0.15) is 5.56 Å². The van der Waals surface area contributed by atoms with Crippen LogP contribution in [0.5, 0.6) is 0 Å². The third-order valence-corrected chi connectivity index (χ3v) is 3.25. The molecule has 0 bridgehead atoms. The Hall–Kier alpha value is -2.28. The van der Waals surface area contributed by atoms with E-state index in [2.05, 4.69) is 49.4 Å². The first-order valence-corrected chi connectivity index (χ1v) is 6.09. The number of rotatable bonds is 1. The first-order chi connectivity index (χ1) is 8.74. The molecule has 3 rings (SSSR count). The molecule has 0 spiro atoms. The molecule has 0 aliphatic carbocycles. The Morgan fingerprint density at radius 1 is 0.833 bits per heavy atom. The minimum Gasteiger partial charge on any atom is -0.399 e. The molecule has 0 atom stereocenters. The number of benzene rings is 3. The molecule has 0 saturated heterocycles. The van der Waals surface area contributed by atoms with Crippen LogP contribution in [0.2, 0.25) is 0 Å². The molecule has 0 heterocycles. The van der Waals surface area contributed by atoms with Crippen molar-refractivity contribution in [1.82, 2.24) is 0 Å². The first-order valence-electron chi connectivity index (χ1n) is 6.09. The van der Waals surface area contributed by atoms with Gasteiger partial charge in [0.05, 0.1) is 0 Å². The zero-order valence-corrected chi connectivity index (χ0v) is 10.4. The fourth-order valence-corrected chi connectivity index (χ4v) is 2.31. The molecule has 1 heteroatoms. The highest BCUT2D eigenvalue weighted by molar-refractivity contribution is 5.99. The molecule has 0 unspecified atom stereocenters. The van der Waals surface area contributed by atoms with Crippen LogP contribution < -0.4 is 5.73 Å². The van der Waals surface area contributed by atoms with E-state index >= 15 is 0 Å². The van der Waals surface area contributed by atoms with Crippen LogP contribution in [0.15, 0.2) is 60.7 Å². The normalized spacial score (nSPS) is 10.7. The van der Waals surface area contributed by atoms with Gasteiger partial charge in [-0.1, -0.05) is 54.1 Å². The average molecular weight is 233 g/mol. The minimum absolute atomic E-state index is 0.810. The van der Waals surface area contributed by atoms with E-state index in [0.29, 0.717) is 0 Å². The number of aryl methyl sites for hydroxylation is 1. The van der Waals surface area contributed by atoms with Crippen LogP contribution in [0.25, 0.3) is 21.9 Å². The highest BCUT2D eigenvalue weighted by atomic mass is 14.5. The Kier molecular flexibility index (Phi) is 2.52. The van der Waals surface area contributed by atoms with Gasteiger partial charge in [0.1, 0.15) is 0 Å². The minimum atomic E-state index is 0.810. The standard InChI is InChI=1S/C17H15N/c1-12-6-8-13(9-7-12)17-11-15(18)10-14-4-2-3-5-16(14)17/h2-11H,18H2,1H3. The molecule has 88 valence electrons. The van der Waals surface area contributed by atoms with Crippen LogP contribution in [-0.2, 0) is 0 Å². The van der Waals surface area contributed by atoms with Crippen LogP contribution in [0.3, 0.4) is 0 Å². The van der Waals surface area contributed by atoms with Crippen molar-refractivity contribution >= 4 is 16.5 Å². The van der Waals surface area contributed by atoms with E-state index < -0.39 is 0 Å². The van der Waals surface area contributed by atoms with Gasteiger partial charge in [0.25, 0.3) is 0 Å². The Morgan fingerprint density at radius 2 is 1.56 bits per heavy atom. The lowest BCUT2D eigenvalue weighted by Gasteiger charge is -2.09. The second kappa shape index (κ2) is 4.19. The summed E-state index contributed by atoms with van der Waals surface area (Å²) in [5, 5.41) is 2.43. The van der Waals surface area contributed by atoms with Crippen molar-refractivity contribution in [1.29, 1.82) is 0 Å². The van der Waals surface area contributed by atoms with Crippen molar-refractivity contribution in [2.45, 2.75) is 6.92 Å². The van der Waals surface area contributed by atoms with Gasteiger partial charge in [-0.15, -0.1) is 0 Å². The fraction of sp³-hybridized carbons (Fsp3) is 0.0588. The van der Waals surface area contributed by atoms with Gasteiger partial charge in [-0.3, -0.25) is 0 Å².